The quantitative estimate of drug-likeness (QED) is 0.468. The fourth-order valence-electron chi connectivity index (χ4n) is 1.04. The molecule has 44 valence electrons. The first-order valence-corrected chi connectivity index (χ1v) is 2.86. The topological polar surface area (TPSA) is 23.8 Å². The van der Waals surface area contributed by atoms with Crippen LogP contribution in [-0.2, 0) is 0 Å². The minimum absolute atomic E-state index is 0.00463. The van der Waals surface area contributed by atoms with Crippen LogP contribution in [0.1, 0.15) is 19.3 Å². The number of halogens is 1. The monoisotopic (exact) mass is 113 g/mol. The third kappa shape index (κ3) is 0.975. The summed E-state index contributed by atoms with van der Waals surface area (Å²) in [6.45, 7) is 0. The van der Waals surface area contributed by atoms with Crippen LogP contribution >= 0.6 is 0 Å². The van der Waals surface area contributed by atoms with Crippen LogP contribution < -0.4 is 0 Å². The fourth-order valence-corrected chi connectivity index (χ4v) is 1.04. The van der Waals surface area contributed by atoms with Crippen LogP contribution in [0.2, 0.25) is 0 Å². The van der Waals surface area contributed by atoms with Gasteiger partial charge in [-0.1, -0.05) is 0 Å². The van der Waals surface area contributed by atoms with Gasteiger partial charge in [-0.15, -0.1) is 0 Å². The summed E-state index contributed by atoms with van der Waals surface area (Å²) in [6, 6.07) is 2.05. The molecule has 2 heteroatoms. The first-order chi connectivity index (χ1) is 3.83. The Balaban J connectivity index is 2.35. The van der Waals surface area contributed by atoms with Gasteiger partial charge in [-0.25, -0.2) is 4.39 Å². The number of hydrogen-bond donors (Lipinski definition) is 0. The Morgan fingerprint density at radius 3 is 2.50 bits per heavy atom. The smallest absolute Gasteiger partial charge is 0.101 e. The van der Waals surface area contributed by atoms with Crippen LogP contribution in [0.25, 0.3) is 0 Å². The molecular formula is C6H8FN. The molecule has 1 fully saturated rings. The molecule has 1 saturated carbocycles. The molecule has 0 aromatic heterocycles. The van der Waals surface area contributed by atoms with Crippen molar-refractivity contribution in [2.45, 2.75) is 25.4 Å². The number of nitrogens with zero attached hydrogens (tertiary/aromatic N) is 1. The molecule has 0 saturated heterocycles. The van der Waals surface area contributed by atoms with Gasteiger partial charge in [-0.3, -0.25) is 0 Å². The van der Waals surface area contributed by atoms with E-state index in [1.165, 1.54) is 0 Å². The van der Waals surface area contributed by atoms with Gasteiger partial charge in [0.2, 0.25) is 0 Å². The number of rotatable bonds is 0. The molecule has 0 spiro atoms. The maximum Gasteiger partial charge on any atom is 0.101 e. The molecule has 2 atom stereocenters. The van der Waals surface area contributed by atoms with Gasteiger partial charge in [0.05, 0.1) is 6.07 Å². The van der Waals surface area contributed by atoms with Crippen molar-refractivity contribution >= 4 is 0 Å². The third-order valence-corrected chi connectivity index (χ3v) is 1.55. The van der Waals surface area contributed by atoms with Gasteiger partial charge in [0.25, 0.3) is 0 Å². The molecule has 1 aliphatic carbocycles. The van der Waals surface area contributed by atoms with Crippen molar-refractivity contribution in [3.8, 4) is 6.07 Å². The molecular weight excluding hydrogens is 105 g/mol. The van der Waals surface area contributed by atoms with Crippen molar-refractivity contribution in [1.29, 1.82) is 5.26 Å². The molecule has 0 aliphatic heterocycles. The van der Waals surface area contributed by atoms with Crippen molar-refractivity contribution in [1.82, 2.24) is 0 Å². The average molecular weight is 113 g/mol. The fraction of sp³-hybridized carbons (Fsp3) is 0.833. The second-order valence-electron chi connectivity index (χ2n) is 2.24. The summed E-state index contributed by atoms with van der Waals surface area (Å²) >= 11 is 0. The molecule has 0 radical (unpaired) electrons. The largest absolute Gasteiger partial charge is 0.247 e. The molecule has 0 unspecified atom stereocenters. The minimum Gasteiger partial charge on any atom is -0.247 e. The van der Waals surface area contributed by atoms with Gasteiger partial charge in [0, 0.05) is 5.92 Å². The Morgan fingerprint density at radius 1 is 1.50 bits per heavy atom. The zero-order chi connectivity index (χ0) is 5.98. The van der Waals surface area contributed by atoms with Crippen LogP contribution in [0.5, 0.6) is 0 Å². The highest BCUT2D eigenvalue weighted by atomic mass is 19.1. The lowest BCUT2D eigenvalue weighted by Crippen LogP contribution is -1.91. The zero-order valence-electron chi connectivity index (χ0n) is 4.60. The summed E-state index contributed by atoms with van der Waals surface area (Å²) in [7, 11) is 0. The van der Waals surface area contributed by atoms with E-state index in [2.05, 4.69) is 6.07 Å². The Morgan fingerprint density at radius 2 is 2.25 bits per heavy atom. The van der Waals surface area contributed by atoms with Crippen LogP contribution in [0.15, 0.2) is 0 Å². The Kier molecular flexibility index (Phi) is 1.48. The third-order valence-electron chi connectivity index (χ3n) is 1.55. The van der Waals surface area contributed by atoms with E-state index >= 15 is 0 Å². The van der Waals surface area contributed by atoms with Gasteiger partial charge < -0.3 is 0 Å². The first-order valence-electron chi connectivity index (χ1n) is 2.86. The van der Waals surface area contributed by atoms with E-state index in [0.717, 1.165) is 6.42 Å². The van der Waals surface area contributed by atoms with Crippen molar-refractivity contribution in [3.05, 3.63) is 0 Å². The Hall–Kier alpha value is -0.580. The summed E-state index contributed by atoms with van der Waals surface area (Å²) in [4.78, 5) is 0. The molecule has 1 rings (SSSR count). The number of hydrogen-bond acceptors (Lipinski definition) is 1. The van der Waals surface area contributed by atoms with Crippen molar-refractivity contribution in [2.75, 3.05) is 0 Å². The maximum absolute atomic E-state index is 12.2. The summed E-state index contributed by atoms with van der Waals surface area (Å²) in [6.07, 6.45) is 1.13. The van der Waals surface area contributed by atoms with Gasteiger partial charge in [-0.2, -0.15) is 5.26 Å². The Bertz CT molecular complexity index is 116. The second-order valence-corrected chi connectivity index (χ2v) is 2.24. The van der Waals surface area contributed by atoms with E-state index in [1.54, 1.807) is 0 Å². The summed E-state index contributed by atoms with van der Waals surface area (Å²) in [5, 5.41) is 8.27. The van der Waals surface area contributed by atoms with E-state index < -0.39 is 6.17 Å². The second kappa shape index (κ2) is 2.13. The number of nitriles is 1. The molecule has 0 N–H and O–H groups in total. The SMILES string of the molecule is N#C[C@H]1CC[C@H](F)C1. The molecule has 0 amide bonds. The van der Waals surface area contributed by atoms with E-state index in [0.29, 0.717) is 12.8 Å². The van der Waals surface area contributed by atoms with Crippen LogP contribution in [0.3, 0.4) is 0 Å². The van der Waals surface area contributed by atoms with Gasteiger partial charge >= 0.3 is 0 Å². The lowest BCUT2D eigenvalue weighted by molar-refractivity contribution is 0.338. The standard InChI is InChI=1S/C6H8FN/c7-6-2-1-5(3-6)4-8/h5-6H,1-3H2/t5-,6-/m0/s1. The van der Waals surface area contributed by atoms with Gasteiger partial charge in [0.15, 0.2) is 0 Å². The van der Waals surface area contributed by atoms with E-state index in [-0.39, 0.29) is 5.92 Å². The Labute approximate surface area is 48.1 Å². The van der Waals surface area contributed by atoms with Crippen LogP contribution in [-0.4, -0.2) is 6.17 Å². The number of alkyl halides is 1. The highest BCUT2D eigenvalue weighted by Crippen LogP contribution is 2.26. The maximum atomic E-state index is 12.2. The van der Waals surface area contributed by atoms with Crippen molar-refractivity contribution < 1.29 is 4.39 Å². The molecule has 0 heterocycles. The summed E-state index contributed by atoms with van der Waals surface area (Å²) in [5.41, 5.74) is 0. The van der Waals surface area contributed by atoms with E-state index in [4.69, 9.17) is 5.26 Å². The minimum atomic E-state index is -0.695. The van der Waals surface area contributed by atoms with Gasteiger partial charge in [0.1, 0.15) is 6.17 Å². The summed E-state index contributed by atoms with van der Waals surface area (Å²) < 4.78 is 12.2. The first kappa shape index (κ1) is 5.55. The zero-order valence-corrected chi connectivity index (χ0v) is 4.60. The highest BCUT2D eigenvalue weighted by molar-refractivity contribution is 4.89. The lowest BCUT2D eigenvalue weighted by Gasteiger charge is -1.91. The van der Waals surface area contributed by atoms with Crippen molar-refractivity contribution in [2.24, 2.45) is 5.92 Å². The van der Waals surface area contributed by atoms with Crippen molar-refractivity contribution in [3.63, 3.8) is 0 Å². The predicted octanol–water partition coefficient (Wildman–Crippen LogP) is 1.65. The van der Waals surface area contributed by atoms with Gasteiger partial charge in [-0.05, 0) is 19.3 Å². The predicted molar refractivity (Wildman–Crippen MR) is 27.8 cm³/mol. The molecule has 0 bridgehead atoms. The molecule has 8 heavy (non-hydrogen) atoms. The van der Waals surface area contributed by atoms with E-state index in [9.17, 15) is 4.39 Å². The van der Waals surface area contributed by atoms with Crippen LogP contribution in [0, 0.1) is 17.2 Å². The molecule has 1 nitrogen and oxygen atoms in total. The van der Waals surface area contributed by atoms with E-state index in [1.807, 2.05) is 0 Å². The summed E-state index contributed by atoms with van der Waals surface area (Å²) in [5.74, 6) is 0.00463. The molecule has 1 aliphatic rings. The molecule has 0 aromatic carbocycles. The normalized spacial score (nSPS) is 37.0. The van der Waals surface area contributed by atoms with Crippen LogP contribution in [0.4, 0.5) is 4.39 Å². The lowest BCUT2D eigenvalue weighted by atomic mass is 10.1. The average Bonchev–Trinajstić information content (AvgIpc) is 2.14. The highest BCUT2D eigenvalue weighted by Gasteiger charge is 2.23. The molecule has 0 aromatic rings.